The van der Waals surface area contributed by atoms with E-state index in [1.54, 1.807) is 19.2 Å². The Morgan fingerprint density at radius 1 is 0.974 bits per heavy atom. The molecule has 0 amide bonds. The van der Waals surface area contributed by atoms with Gasteiger partial charge < -0.3 is 19.3 Å². The van der Waals surface area contributed by atoms with Gasteiger partial charge in [-0.3, -0.25) is 4.79 Å². The van der Waals surface area contributed by atoms with Gasteiger partial charge in [0.2, 0.25) is 0 Å². The number of carboxylic acids is 1. The van der Waals surface area contributed by atoms with E-state index in [1.165, 1.54) is 18.9 Å². The number of rotatable bonds is 12. The first kappa shape index (κ1) is 28.5. The summed E-state index contributed by atoms with van der Waals surface area (Å²) in [4.78, 5) is 11.4. The van der Waals surface area contributed by atoms with Crippen LogP contribution in [0.5, 0.6) is 17.2 Å². The number of carbonyl (C=O) groups is 1. The molecular formula is C33H39FO5. The van der Waals surface area contributed by atoms with Crippen molar-refractivity contribution in [3.05, 3.63) is 77.6 Å². The molecule has 0 unspecified atom stereocenters. The Morgan fingerprint density at radius 3 is 2.49 bits per heavy atom. The second-order valence-electron chi connectivity index (χ2n) is 10.4. The van der Waals surface area contributed by atoms with Gasteiger partial charge in [-0.15, -0.1) is 0 Å². The van der Waals surface area contributed by atoms with E-state index in [2.05, 4.69) is 6.92 Å². The molecular weight excluding hydrogens is 495 g/mol. The summed E-state index contributed by atoms with van der Waals surface area (Å²) in [5.41, 5.74) is 3.01. The number of hydrogen-bond donors (Lipinski definition) is 1. The van der Waals surface area contributed by atoms with Gasteiger partial charge >= 0.3 is 5.97 Å². The largest absolute Gasteiger partial charge is 0.497 e. The van der Waals surface area contributed by atoms with Crippen LogP contribution in [0.15, 0.2) is 60.7 Å². The second-order valence-corrected chi connectivity index (χ2v) is 10.4. The first-order valence-electron chi connectivity index (χ1n) is 14.0. The van der Waals surface area contributed by atoms with E-state index in [1.807, 2.05) is 42.5 Å². The number of halogens is 1. The standard InChI is InChI=1S/C33H39FO5/c1-3-9-24(20-33(35)36)25-10-8-13-28(19-25)38-22-23-14-16-29(30-21-27(37-2)15-17-31(30)34)32(18-23)39-26-11-6-4-5-7-12-26/h8,10,13-19,21,24,26H,3-7,9,11-12,20,22H2,1-2H3,(H,35,36)/t24-/m0/s1. The van der Waals surface area contributed by atoms with Crippen molar-refractivity contribution in [3.63, 3.8) is 0 Å². The molecule has 0 radical (unpaired) electrons. The Labute approximate surface area is 230 Å². The van der Waals surface area contributed by atoms with E-state index in [0.29, 0.717) is 35.0 Å². The van der Waals surface area contributed by atoms with Crippen molar-refractivity contribution in [2.24, 2.45) is 0 Å². The highest BCUT2D eigenvalue weighted by atomic mass is 19.1. The van der Waals surface area contributed by atoms with Crippen LogP contribution in [0.4, 0.5) is 4.39 Å². The van der Waals surface area contributed by atoms with Crippen molar-refractivity contribution in [1.29, 1.82) is 0 Å². The van der Waals surface area contributed by atoms with Crippen LogP contribution < -0.4 is 14.2 Å². The molecule has 3 aromatic carbocycles. The van der Waals surface area contributed by atoms with Crippen molar-refractivity contribution < 1.29 is 28.5 Å². The minimum Gasteiger partial charge on any atom is -0.497 e. The van der Waals surface area contributed by atoms with Gasteiger partial charge in [0.05, 0.1) is 19.6 Å². The Kier molecular flexibility index (Phi) is 10.2. The lowest BCUT2D eigenvalue weighted by Gasteiger charge is -2.21. The van der Waals surface area contributed by atoms with Crippen molar-refractivity contribution in [2.45, 2.75) is 83.3 Å². The number of hydrogen-bond acceptors (Lipinski definition) is 4. The van der Waals surface area contributed by atoms with Gasteiger partial charge in [0.25, 0.3) is 0 Å². The minimum atomic E-state index is -0.798. The van der Waals surface area contributed by atoms with E-state index in [0.717, 1.165) is 49.7 Å². The first-order valence-corrected chi connectivity index (χ1v) is 14.0. The molecule has 1 N–H and O–H groups in total. The van der Waals surface area contributed by atoms with E-state index >= 15 is 0 Å². The molecule has 1 atom stereocenters. The molecule has 39 heavy (non-hydrogen) atoms. The molecule has 1 aliphatic carbocycles. The molecule has 4 rings (SSSR count). The van der Waals surface area contributed by atoms with Crippen molar-refractivity contribution in [3.8, 4) is 28.4 Å². The van der Waals surface area contributed by atoms with E-state index < -0.39 is 5.97 Å². The normalized spacial score (nSPS) is 14.8. The third-order valence-corrected chi connectivity index (χ3v) is 7.40. The fourth-order valence-corrected chi connectivity index (χ4v) is 5.32. The molecule has 5 nitrogen and oxygen atoms in total. The topological polar surface area (TPSA) is 65.0 Å². The number of aliphatic carboxylic acids is 1. The Morgan fingerprint density at radius 2 is 1.77 bits per heavy atom. The maximum Gasteiger partial charge on any atom is 0.303 e. The molecule has 0 aliphatic heterocycles. The molecule has 0 heterocycles. The summed E-state index contributed by atoms with van der Waals surface area (Å²) in [6.45, 7) is 2.37. The van der Waals surface area contributed by atoms with Gasteiger partial charge in [-0.1, -0.05) is 50.5 Å². The smallest absolute Gasteiger partial charge is 0.303 e. The van der Waals surface area contributed by atoms with Crippen LogP contribution in [-0.4, -0.2) is 24.3 Å². The Bertz CT molecular complexity index is 1230. The van der Waals surface area contributed by atoms with Gasteiger partial charge in [-0.05, 0) is 85.5 Å². The molecule has 6 heteroatoms. The van der Waals surface area contributed by atoms with E-state index in [4.69, 9.17) is 14.2 Å². The predicted molar refractivity (Wildman–Crippen MR) is 151 cm³/mol. The zero-order chi connectivity index (χ0) is 27.6. The maximum absolute atomic E-state index is 14.9. The van der Waals surface area contributed by atoms with Crippen LogP contribution in [0.3, 0.4) is 0 Å². The van der Waals surface area contributed by atoms with E-state index in [-0.39, 0.29) is 24.3 Å². The average molecular weight is 535 g/mol. The fraction of sp³-hybridized carbons (Fsp3) is 0.424. The summed E-state index contributed by atoms with van der Waals surface area (Å²) >= 11 is 0. The second kappa shape index (κ2) is 14.0. The molecule has 0 spiro atoms. The molecule has 1 saturated carbocycles. The molecule has 3 aromatic rings. The Balaban J connectivity index is 1.58. The first-order chi connectivity index (χ1) is 19.0. The lowest BCUT2D eigenvalue weighted by molar-refractivity contribution is -0.137. The molecule has 1 fully saturated rings. The average Bonchev–Trinajstić information content (AvgIpc) is 3.21. The summed E-state index contributed by atoms with van der Waals surface area (Å²) in [6, 6.07) is 18.2. The highest BCUT2D eigenvalue weighted by Gasteiger charge is 2.19. The molecule has 0 bridgehead atoms. The van der Waals surface area contributed by atoms with Crippen LogP contribution >= 0.6 is 0 Å². The van der Waals surface area contributed by atoms with Gasteiger partial charge in [-0.25, -0.2) is 4.39 Å². The van der Waals surface area contributed by atoms with Crippen LogP contribution in [0, 0.1) is 5.82 Å². The lowest BCUT2D eigenvalue weighted by atomic mass is 9.91. The summed E-state index contributed by atoms with van der Waals surface area (Å²) in [5, 5.41) is 9.33. The number of methoxy groups -OCH3 is 1. The van der Waals surface area contributed by atoms with Gasteiger partial charge in [0.15, 0.2) is 0 Å². The third kappa shape index (κ3) is 7.98. The zero-order valence-corrected chi connectivity index (χ0v) is 23.0. The van der Waals surface area contributed by atoms with Gasteiger partial charge in [0, 0.05) is 11.1 Å². The number of carboxylic acid groups (broad SMARTS) is 1. The van der Waals surface area contributed by atoms with Crippen molar-refractivity contribution >= 4 is 5.97 Å². The summed E-state index contributed by atoms with van der Waals surface area (Å²) in [5.74, 6) is 0.747. The zero-order valence-electron chi connectivity index (χ0n) is 23.0. The fourth-order valence-electron chi connectivity index (χ4n) is 5.32. The summed E-state index contributed by atoms with van der Waals surface area (Å²) in [6.07, 6.45) is 8.59. The molecule has 0 saturated heterocycles. The third-order valence-electron chi connectivity index (χ3n) is 7.40. The lowest BCUT2D eigenvalue weighted by Crippen LogP contribution is -2.16. The molecule has 1 aliphatic rings. The van der Waals surface area contributed by atoms with Gasteiger partial charge in [-0.2, -0.15) is 0 Å². The van der Waals surface area contributed by atoms with Crippen LogP contribution in [-0.2, 0) is 11.4 Å². The van der Waals surface area contributed by atoms with Crippen molar-refractivity contribution in [2.75, 3.05) is 7.11 Å². The van der Waals surface area contributed by atoms with Gasteiger partial charge in [0.1, 0.15) is 29.7 Å². The molecule has 0 aromatic heterocycles. The molecule has 208 valence electrons. The quantitative estimate of drug-likeness (QED) is 0.236. The predicted octanol–water partition coefficient (Wildman–Crippen LogP) is 8.54. The summed E-state index contributed by atoms with van der Waals surface area (Å²) in [7, 11) is 1.57. The van der Waals surface area contributed by atoms with Crippen molar-refractivity contribution in [1.82, 2.24) is 0 Å². The van der Waals surface area contributed by atoms with E-state index in [9.17, 15) is 14.3 Å². The highest BCUT2D eigenvalue weighted by molar-refractivity contribution is 5.73. The maximum atomic E-state index is 14.9. The summed E-state index contributed by atoms with van der Waals surface area (Å²) < 4.78 is 33.0. The van der Waals surface area contributed by atoms with Crippen LogP contribution in [0.2, 0.25) is 0 Å². The number of benzene rings is 3. The minimum absolute atomic E-state index is 0.0485. The number of ether oxygens (including phenoxy) is 3. The van der Waals surface area contributed by atoms with Crippen LogP contribution in [0.1, 0.15) is 81.8 Å². The Hall–Kier alpha value is -3.54. The monoisotopic (exact) mass is 534 g/mol. The SMILES string of the molecule is CCC[C@@H](CC(=O)O)c1cccc(OCc2ccc(-c3cc(OC)ccc3F)c(OC3CCCCCC3)c2)c1. The van der Waals surface area contributed by atoms with Crippen LogP contribution in [0.25, 0.3) is 11.1 Å². The highest BCUT2D eigenvalue weighted by Crippen LogP contribution is 2.37.